The molecule has 0 N–H and O–H groups in total. The van der Waals surface area contributed by atoms with E-state index in [4.69, 9.17) is 0 Å². The maximum atomic E-state index is 3.86. The molecule has 2 unspecified atom stereocenters. The van der Waals surface area contributed by atoms with E-state index in [9.17, 15) is 0 Å². The standard InChI is InChI=1S/C28H38Br2/c1-4-7-9-11-21(6-3)20-28(16-8-5-2)23-17-22(14-15-25(30)18-23)26-13-10-12-24(29)19-27(26)28/h12-15,18-19,21H,4-11,16-17,20H2,1-3H3. The molecule has 1 saturated carbocycles. The molecule has 1 fully saturated rings. The molecule has 0 aliphatic heterocycles. The van der Waals surface area contributed by atoms with E-state index in [0.717, 1.165) is 18.8 Å². The molecule has 3 aliphatic carbocycles. The van der Waals surface area contributed by atoms with Crippen LogP contribution < -0.4 is 0 Å². The zero-order valence-electron chi connectivity index (χ0n) is 19.1. The number of hydrogen-bond acceptors (Lipinski definition) is 0. The van der Waals surface area contributed by atoms with Crippen LogP contribution in [0.15, 0.2) is 67.7 Å². The number of halogens is 2. The molecule has 0 heterocycles. The van der Waals surface area contributed by atoms with Gasteiger partial charge in [-0.05, 0) is 66.5 Å². The SMILES string of the molecule is CCCCCC(CC)CC1(CCCC)C2=CC(Br)=CC=C(C2)C2=CCC=C(Br)C=C21. The van der Waals surface area contributed by atoms with Crippen LogP contribution in [0.4, 0.5) is 0 Å². The van der Waals surface area contributed by atoms with E-state index in [0.29, 0.717) is 0 Å². The summed E-state index contributed by atoms with van der Waals surface area (Å²) in [5, 5.41) is 0. The lowest BCUT2D eigenvalue weighted by Crippen LogP contribution is -2.34. The van der Waals surface area contributed by atoms with Gasteiger partial charge in [-0.1, -0.05) is 121 Å². The fourth-order valence-corrected chi connectivity index (χ4v) is 6.32. The van der Waals surface area contributed by atoms with E-state index >= 15 is 0 Å². The Balaban J connectivity index is 2.11. The van der Waals surface area contributed by atoms with Crippen molar-refractivity contribution in [3.63, 3.8) is 0 Å². The van der Waals surface area contributed by atoms with Crippen molar-refractivity contribution in [3.8, 4) is 0 Å². The van der Waals surface area contributed by atoms with E-state index in [2.05, 4.69) is 89.1 Å². The number of allylic oxidation sites excluding steroid dienone is 12. The summed E-state index contributed by atoms with van der Waals surface area (Å²) in [5.41, 5.74) is 6.35. The fourth-order valence-electron chi connectivity index (χ4n) is 5.49. The van der Waals surface area contributed by atoms with Crippen LogP contribution in [0.2, 0.25) is 0 Å². The quantitative estimate of drug-likeness (QED) is 0.245. The normalized spacial score (nSPS) is 24.3. The van der Waals surface area contributed by atoms with Gasteiger partial charge in [0.15, 0.2) is 0 Å². The second kappa shape index (κ2) is 11.3. The number of unbranched alkanes of at least 4 members (excludes halogenated alkanes) is 3. The second-order valence-electron chi connectivity index (χ2n) is 9.25. The van der Waals surface area contributed by atoms with Gasteiger partial charge in [0.05, 0.1) is 0 Å². The first kappa shape index (κ1) is 24.1. The topological polar surface area (TPSA) is 0 Å². The second-order valence-corrected chi connectivity index (χ2v) is 11.1. The Morgan fingerprint density at radius 2 is 1.73 bits per heavy atom. The summed E-state index contributed by atoms with van der Waals surface area (Å²) in [6.45, 7) is 7.06. The van der Waals surface area contributed by atoms with E-state index in [1.165, 1.54) is 77.9 Å². The van der Waals surface area contributed by atoms with Gasteiger partial charge in [0.25, 0.3) is 0 Å². The zero-order chi connectivity index (χ0) is 21.6. The van der Waals surface area contributed by atoms with Crippen molar-refractivity contribution in [1.29, 1.82) is 0 Å². The smallest absolute Gasteiger partial charge is 0.0177 e. The van der Waals surface area contributed by atoms with Gasteiger partial charge in [-0.15, -0.1) is 0 Å². The first-order chi connectivity index (χ1) is 14.5. The van der Waals surface area contributed by atoms with Crippen LogP contribution >= 0.6 is 31.9 Å². The molecule has 3 aliphatic rings. The van der Waals surface area contributed by atoms with Gasteiger partial charge < -0.3 is 0 Å². The lowest BCUT2D eigenvalue weighted by atomic mass is 9.57. The van der Waals surface area contributed by atoms with Crippen LogP contribution in [0.3, 0.4) is 0 Å². The highest BCUT2D eigenvalue weighted by Gasteiger charge is 2.44. The minimum atomic E-state index is 0.153. The lowest BCUT2D eigenvalue weighted by molar-refractivity contribution is 0.258. The van der Waals surface area contributed by atoms with E-state index in [-0.39, 0.29) is 5.41 Å². The third kappa shape index (κ3) is 5.41. The molecule has 164 valence electrons. The summed E-state index contributed by atoms with van der Waals surface area (Å²) in [7, 11) is 0. The van der Waals surface area contributed by atoms with Gasteiger partial charge >= 0.3 is 0 Å². The summed E-state index contributed by atoms with van der Waals surface area (Å²) in [6, 6.07) is 0. The lowest BCUT2D eigenvalue weighted by Gasteiger charge is -2.46. The molecule has 0 amide bonds. The molecule has 2 heteroatoms. The van der Waals surface area contributed by atoms with Crippen molar-refractivity contribution < 1.29 is 0 Å². The summed E-state index contributed by atoms with van der Waals surface area (Å²) in [6.07, 6.45) is 28.2. The summed E-state index contributed by atoms with van der Waals surface area (Å²) >= 11 is 7.69. The molecular formula is C28H38Br2. The molecule has 2 bridgehead atoms. The van der Waals surface area contributed by atoms with E-state index in [1.807, 2.05) is 0 Å². The minimum Gasteiger partial charge on any atom is -0.0728 e. The highest BCUT2D eigenvalue weighted by Crippen LogP contribution is 2.58. The van der Waals surface area contributed by atoms with Crippen molar-refractivity contribution in [2.45, 2.75) is 91.4 Å². The fraction of sp³-hybridized carbons (Fsp3) is 0.571. The minimum absolute atomic E-state index is 0.153. The summed E-state index contributed by atoms with van der Waals surface area (Å²) in [4.78, 5) is 0. The molecule has 0 saturated heterocycles. The molecule has 2 atom stereocenters. The van der Waals surface area contributed by atoms with Crippen molar-refractivity contribution >= 4 is 31.9 Å². The van der Waals surface area contributed by atoms with Gasteiger partial charge in [0.2, 0.25) is 0 Å². The Labute approximate surface area is 201 Å². The van der Waals surface area contributed by atoms with E-state index in [1.54, 1.807) is 11.1 Å². The number of fused-ring (bicyclic) bond motifs is 4. The van der Waals surface area contributed by atoms with Gasteiger partial charge in [-0.2, -0.15) is 0 Å². The van der Waals surface area contributed by atoms with Crippen LogP contribution in [-0.2, 0) is 0 Å². The van der Waals surface area contributed by atoms with Crippen molar-refractivity contribution in [1.82, 2.24) is 0 Å². The predicted molar refractivity (Wildman–Crippen MR) is 140 cm³/mol. The van der Waals surface area contributed by atoms with Crippen molar-refractivity contribution in [2.24, 2.45) is 11.3 Å². The Morgan fingerprint density at radius 1 is 0.933 bits per heavy atom. The Bertz CT molecular complexity index is 802. The maximum absolute atomic E-state index is 3.86. The Morgan fingerprint density at radius 3 is 2.47 bits per heavy atom. The monoisotopic (exact) mass is 532 g/mol. The van der Waals surface area contributed by atoms with Crippen LogP contribution in [-0.4, -0.2) is 0 Å². The molecule has 0 spiro atoms. The molecule has 0 aromatic heterocycles. The average molecular weight is 534 g/mol. The number of hydrogen-bond donors (Lipinski definition) is 0. The zero-order valence-corrected chi connectivity index (χ0v) is 22.2. The third-order valence-electron chi connectivity index (χ3n) is 7.21. The third-order valence-corrected chi connectivity index (χ3v) is 8.25. The van der Waals surface area contributed by atoms with Crippen LogP contribution in [0.1, 0.15) is 91.4 Å². The van der Waals surface area contributed by atoms with Gasteiger partial charge in [0.1, 0.15) is 0 Å². The molecule has 30 heavy (non-hydrogen) atoms. The summed E-state index contributed by atoms with van der Waals surface area (Å²) in [5.74, 6) is 0.791. The first-order valence-electron chi connectivity index (χ1n) is 12.1. The Hall–Kier alpha value is -0.600. The van der Waals surface area contributed by atoms with Gasteiger partial charge in [0, 0.05) is 14.4 Å². The van der Waals surface area contributed by atoms with Gasteiger partial charge in [-0.25, -0.2) is 0 Å². The van der Waals surface area contributed by atoms with Crippen molar-refractivity contribution in [2.75, 3.05) is 0 Å². The van der Waals surface area contributed by atoms with Crippen LogP contribution in [0, 0.1) is 11.3 Å². The molecule has 0 radical (unpaired) electrons. The first-order valence-corrected chi connectivity index (χ1v) is 13.7. The van der Waals surface area contributed by atoms with Crippen LogP contribution in [0.5, 0.6) is 0 Å². The average Bonchev–Trinajstić information content (AvgIpc) is 3.04. The number of rotatable bonds is 10. The molecule has 0 nitrogen and oxygen atoms in total. The largest absolute Gasteiger partial charge is 0.0728 e. The van der Waals surface area contributed by atoms with E-state index < -0.39 is 0 Å². The predicted octanol–water partition coefficient (Wildman–Crippen LogP) is 10.2. The highest BCUT2D eigenvalue weighted by molar-refractivity contribution is 9.12. The summed E-state index contributed by atoms with van der Waals surface area (Å²) < 4.78 is 2.47. The highest BCUT2D eigenvalue weighted by atomic mass is 79.9. The molecule has 0 aromatic carbocycles. The molecule has 0 aromatic rings. The van der Waals surface area contributed by atoms with Crippen molar-refractivity contribution in [3.05, 3.63) is 67.7 Å². The maximum Gasteiger partial charge on any atom is 0.0177 e. The molecular weight excluding hydrogens is 496 g/mol. The molecule has 3 rings (SSSR count). The van der Waals surface area contributed by atoms with Gasteiger partial charge in [-0.3, -0.25) is 0 Å². The Kier molecular flexibility index (Phi) is 9.07. The van der Waals surface area contributed by atoms with Crippen LogP contribution in [0.25, 0.3) is 0 Å².